The number of phenols is 1. The lowest BCUT2D eigenvalue weighted by atomic mass is 9.86. The summed E-state index contributed by atoms with van der Waals surface area (Å²) in [5.74, 6) is -1.52. The molecule has 1 fully saturated rings. The Bertz CT molecular complexity index is 1210. The van der Waals surface area contributed by atoms with Crippen LogP contribution in [0.1, 0.15) is 36.0 Å². The molecule has 8 heteroatoms. The summed E-state index contributed by atoms with van der Waals surface area (Å²) in [7, 11) is 0. The summed E-state index contributed by atoms with van der Waals surface area (Å²) >= 11 is 6.44. The third-order valence-electron chi connectivity index (χ3n) is 5.94. The molecule has 0 saturated heterocycles. The van der Waals surface area contributed by atoms with Gasteiger partial charge in [0.2, 0.25) is 0 Å². The molecule has 2 atom stereocenters. The highest BCUT2D eigenvalue weighted by atomic mass is 35.5. The van der Waals surface area contributed by atoms with Gasteiger partial charge in [-0.1, -0.05) is 36.2 Å². The molecule has 1 aliphatic carbocycles. The standard InChI is InChI=1S/C25H24ClN3O4/c26-20-7-2-1-6-18(20)16-12-21(14-8-9-22(30)19(11-14)24(27)31)29-23(13-16)28-17-5-3-4-15(10-17)25(32)33/h1-2,6-9,11-13,15,17,30H,3-5,10H2,(H2,27,31)(H,28,29)(H,32,33). The van der Waals surface area contributed by atoms with Crippen molar-refractivity contribution in [3.05, 3.63) is 65.2 Å². The van der Waals surface area contributed by atoms with Gasteiger partial charge < -0.3 is 21.3 Å². The predicted octanol–water partition coefficient (Wildman–Crippen LogP) is 4.93. The molecule has 33 heavy (non-hydrogen) atoms. The van der Waals surface area contributed by atoms with Crippen molar-refractivity contribution in [2.45, 2.75) is 31.7 Å². The number of carboxylic acids is 1. The zero-order valence-electron chi connectivity index (χ0n) is 17.8. The summed E-state index contributed by atoms with van der Waals surface area (Å²) < 4.78 is 0. The average molecular weight is 466 g/mol. The molecule has 170 valence electrons. The second kappa shape index (κ2) is 9.50. The summed E-state index contributed by atoms with van der Waals surface area (Å²) in [4.78, 5) is 27.9. The first kappa shape index (κ1) is 22.6. The van der Waals surface area contributed by atoms with E-state index >= 15 is 0 Å². The second-order valence-corrected chi connectivity index (χ2v) is 8.65. The van der Waals surface area contributed by atoms with E-state index in [1.807, 2.05) is 30.3 Å². The van der Waals surface area contributed by atoms with E-state index in [4.69, 9.17) is 22.3 Å². The van der Waals surface area contributed by atoms with E-state index in [0.29, 0.717) is 34.9 Å². The lowest BCUT2D eigenvalue weighted by Gasteiger charge is -2.28. The molecule has 4 rings (SSSR count). The topological polar surface area (TPSA) is 126 Å². The number of aliphatic carboxylic acids is 1. The number of benzene rings is 2. The second-order valence-electron chi connectivity index (χ2n) is 8.25. The third-order valence-corrected chi connectivity index (χ3v) is 6.27. The van der Waals surface area contributed by atoms with Gasteiger partial charge in [-0.15, -0.1) is 0 Å². The number of aromatic hydroxyl groups is 1. The van der Waals surface area contributed by atoms with E-state index in [-0.39, 0.29) is 23.3 Å². The van der Waals surface area contributed by atoms with E-state index in [9.17, 15) is 19.8 Å². The molecule has 1 aromatic heterocycles. The van der Waals surface area contributed by atoms with Crippen LogP contribution in [0.3, 0.4) is 0 Å². The molecule has 7 nitrogen and oxygen atoms in total. The normalized spacial score (nSPS) is 18.0. The Labute approximate surface area is 196 Å². The molecule has 0 bridgehead atoms. The van der Waals surface area contributed by atoms with E-state index in [2.05, 4.69) is 5.32 Å². The van der Waals surface area contributed by atoms with Crippen LogP contribution < -0.4 is 11.1 Å². The quantitative estimate of drug-likeness (QED) is 0.409. The SMILES string of the molecule is NC(=O)c1cc(-c2cc(-c3ccccc3Cl)cc(NC3CCCC(C(=O)O)C3)n2)ccc1O. The van der Waals surface area contributed by atoms with E-state index in [1.54, 1.807) is 12.1 Å². The first-order chi connectivity index (χ1) is 15.8. The van der Waals surface area contributed by atoms with Crippen molar-refractivity contribution in [3.8, 4) is 28.1 Å². The number of nitrogens with two attached hydrogens (primary N) is 1. The van der Waals surface area contributed by atoms with Crippen LogP contribution in [0.4, 0.5) is 5.82 Å². The first-order valence-corrected chi connectivity index (χ1v) is 11.1. The van der Waals surface area contributed by atoms with Crippen molar-refractivity contribution in [1.82, 2.24) is 4.98 Å². The van der Waals surface area contributed by atoms with Gasteiger partial charge in [-0.3, -0.25) is 9.59 Å². The smallest absolute Gasteiger partial charge is 0.306 e. The molecule has 0 aliphatic heterocycles. The number of hydrogen-bond donors (Lipinski definition) is 4. The largest absolute Gasteiger partial charge is 0.507 e. The van der Waals surface area contributed by atoms with Crippen LogP contribution in [-0.4, -0.2) is 33.1 Å². The van der Waals surface area contributed by atoms with Crippen LogP contribution in [0.2, 0.25) is 5.02 Å². The van der Waals surface area contributed by atoms with Gasteiger partial charge in [-0.2, -0.15) is 0 Å². The van der Waals surface area contributed by atoms with E-state index < -0.39 is 11.9 Å². The molecule has 5 N–H and O–H groups in total. The number of nitrogens with one attached hydrogen (secondary N) is 1. The Morgan fingerprint density at radius 1 is 1.06 bits per heavy atom. The van der Waals surface area contributed by atoms with Crippen molar-refractivity contribution in [2.24, 2.45) is 11.7 Å². The number of carbonyl (C=O) groups excluding carboxylic acids is 1. The lowest BCUT2D eigenvalue weighted by molar-refractivity contribution is -0.142. The number of aromatic nitrogens is 1. The summed E-state index contributed by atoms with van der Waals surface area (Å²) in [6.45, 7) is 0. The Balaban J connectivity index is 1.76. The number of carboxylic acid groups (broad SMARTS) is 1. The zero-order chi connectivity index (χ0) is 23.5. The van der Waals surface area contributed by atoms with Crippen LogP contribution >= 0.6 is 11.6 Å². The minimum absolute atomic E-state index is 0.00327. The molecule has 0 radical (unpaired) electrons. The van der Waals surface area contributed by atoms with Crippen LogP contribution in [0.25, 0.3) is 22.4 Å². The summed E-state index contributed by atoms with van der Waals surface area (Å²) in [6, 6.07) is 15.7. The van der Waals surface area contributed by atoms with Gasteiger partial charge in [-0.25, -0.2) is 4.98 Å². The maximum absolute atomic E-state index is 11.7. The van der Waals surface area contributed by atoms with Gasteiger partial charge in [0.25, 0.3) is 5.91 Å². The Hall–Kier alpha value is -3.58. The lowest BCUT2D eigenvalue weighted by Crippen LogP contribution is -2.31. The molecule has 3 aromatic rings. The van der Waals surface area contributed by atoms with Crippen LogP contribution in [-0.2, 0) is 4.79 Å². The fourth-order valence-corrected chi connectivity index (χ4v) is 4.50. The Morgan fingerprint density at radius 2 is 1.85 bits per heavy atom. The van der Waals surface area contributed by atoms with Crippen molar-refractivity contribution in [1.29, 1.82) is 0 Å². The van der Waals surface area contributed by atoms with Crippen LogP contribution in [0.5, 0.6) is 5.75 Å². The molecule has 1 amide bonds. The molecule has 1 aliphatic rings. The van der Waals surface area contributed by atoms with Crippen molar-refractivity contribution >= 4 is 29.3 Å². The highest BCUT2D eigenvalue weighted by molar-refractivity contribution is 6.33. The van der Waals surface area contributed by atoms with E-state index in [1.165, 1.54) is 12.1 Å². The van der Waals surface area contributed by atoms with Crippen LogP contribution in [0.15, 0.2) is 54.6 Å². The van der Waals surface area contributed by atoms with Gasteiger partial charge in [0.1, 0.15) is 11.6 Å². The first-order valence-electron chi connectivity index (χ1n) is 10.7. The number of carbonyl (C=O) groups is 2. The molecule has 2 unspecified atom stereocenters. The van der Waals surface area contributed by atoms with Gasteiger partial charge in [0.15, 0.2) is 0 Å². The molecule has 0 spiro atoms. The Kier molecular flexibility index (Phi) is 6.51. The third kappa shape index (κ3) is 5.09. The zero-order valence-corrected chi connectivity index (χ0v) is 18.5. The number of primary amides is 1. The highest BCUT2D eigenvalue weighted by Crippen LogP contribution is 2.34. The molecule has 1 heterocycles. The number of halogens is 1. The monoisotopic (exact) mass is 465 g/mol. The van der Waals surface area contributed by atoms with Gasteiger partial charge in [0, 0.05) is 22.2 Å². The molecule has 1 saturated carbocycles. The number of anilines is 1. The van der Waals surface area contributed by atoms with Crippen molar-refractivity contribution < 1.29 is 19.8 Å². The minimum Gasteiger partial charge on any atom is -0.507 e. The highest BCUT2D eigenvalue weighted by Gasteiger charge is 2.27. The number of hydrogen-bond acceptors (Lipinski definition) is 5. The van der Waals surface area contributed by atoms with Gasteiger partial charge in [-0.05, 0) is 61.2 Å². The Morgan fingerprint density at radius 3 is 2.58 bits per heavy atom. The van der Waals surface area contributed by atoms with E-state index in [0.717, 1.165) is 24.0 Å². The maximum Gasteiger partial charge on any atom is 0.306 e. The number of pyridine rings is 1. The fraction of sp³-hybridized carbons (Fsp3) is 0.240. The van der Waals surface area contributed by atoms with Gasteiger partial charge >= 0.3 is 5.97 Å². The number of nitrogens with zero attached hydrogens (tertiary/aromatic N) is 1. The molecule has 2 aromatic carbocycles. The maximum atomic E-state index is 11.7. The summed E-state index contributed by atoms with van der Waals surface area (Å²) in [6.07, 6.45) is 2.87. The fourth-order valence-electron chi connectivity index (χ4n) is 4.25. The predicted molar refractivity (Wildman–Crippen MR) is 127 cm³/mol. The number of rotatable bonds is 6. The summed E-state index contributed by atoms with van der Waals surface area (Å²) in [5.41, 5.74) is 8.18. The average Bonchev–Trinajstić information content (AvgIpc) is 2.79. The summed E-state index contributed by atoms with van der Waals surface area (Å²) in [5, 5.41) is 23.4. The number of amides is 1. The molecular formula is C25H24ClN3O4. The van der Waals surface area contributed by atoms with Crippen molar-refractivity contribution in [3.63, 3.8) is 0 Å². The van der Waals surface area contributed by atoms with Crippen LogP contribution in [0, 0.1) is 5.92 Å². The van der Waals surface area contributed by atoms with Crippen molar-refractivity contribution in [2.75, 3.05) is 5.32 Å². The van der Waals surface area contributed by atoms with Gasteiger partial charge in [0.05, 0.1) is 17.2 Å². The minimum atomic E-state index is -0.775. The molecular weight excluding hydrogens is 442 g/mol.